The summed E-state index contributed by atoms with van der Waals surface area (Å²) in [5.41, 5.74) is 2.48. The van der Waals surface area contributed by atoms with Crippen LogP contribution in [-0.2, 0) is 4.79 Å². The van der Waals surface area contributed by atoms with Crippen molar-refractivity contribution in [3.05, 3.63) is 95.1 Å². The molecule has 4 aromatic rings. The van der Waals surface area contributed by atoms with E-state index in [-0.39, 0.29) is 5.91 Å². The van der Waals surface area contributed by atoms with Crippen molar-refractivity contribution in [3.8, 4) is 17.3 Å². The fraction of sp³-hybridized carbons (Fsp3) is 0.0400. The molecule has 178 valence electrons. The van der Waals surface area contributed by atoms with Gasteiger partial charge >= 0.3 is 6.03 Å². The van der Waals surface area contributed by atoms with E-state index in [1.807, 2.05) is 0 Å². The summed E-state index contributed by atoms with van der Waals surface area (Å²) >= 11 is 16.6. The molecule has 1 aromatic heterocycles. The summed E-state index contributed by atoms with van der Waals surface area (Å²) < 4.78 is 8.87. The fourth-order valence-electron chi connectivity index (χ4n) is 3.22. The number of anilines is 3. The number of hydrogen-bond donors (Lipinski definition) is 3. The Bertz CT molecular complexity index is 1340. The van der Waals surface area contributed by atoms with Crippen molar-refractivity contribution >= 4 is 65.0 Å². The lowest BCUT2D eigenvalue weighted by Crippen LogP contribution is -2.26. The molecule has 0 saturated heterocycles. The molecule has 0 bridgehead atoms. The number of ether oxygens (including phenoxy) is 1. The molecule has 3 aromatic carbocycles. The number of carbonyl (C=O) groups is 2. The molecule has 0 saturated carbocycles. The zero-order valence-electron chi connectivity index (χ0n) is 18.4. The van der Waals surface area contributed by atoms with Crippen LogP contribution in [0.4, 0.5) is 21.9 Å². The smallest absolute Gasteiger partial charge is 0.336 e. The number of nitrogens with one attached hydrogen (secondary N) is 2. The van der Waals surface area contributed by atoms with Crippen LogP contribution < -0.4 is 19.7 Å². The first-order chi connectivity index (χ1) is 16.8. The van der Waals surface area contributed by atoms with E-state index in [1.165, 1.54) is 11.2 Å². The van der Waals surface area contributed by atoms with E-state index in [4.69, 9.17) is 27.9 Å². The van der Waals surface area contributed by atoms with Crippen LogP contribution in [0.25, 0.3) is 5.69 Å². The van der Waals surface area contributed by atoms with E-state index < -0.39 is 6.03 Å². The van der Waals surface area contributed by atoms with Gasteiger partial charge in [-0.05, 0) is 78.9 Å². The maximum absolute atomic E-state index is 12.6. The van der Waals surface area contributed by atoms with Gasteiger partial charge in [-0.15, -0.1) is 0 Å². The van der Waals surface area contributed by atoms with Gasteiger partial charge in [0.15, 0.2) is 0 Å². The van der Waals surface area contributed by atoms with Crippen molar-refractivity contribution in [1.82, 2.24) is 4.57 Å². The lowest BCUT2D eigenvalue weighted by molar-refractivity contribution is -0.114. The van der Waals surface area contributed by atoms with E-state index in [2.05, 4.69) is 23.4 Å². The Morgan fingerprint density at radius 1 is 0.829 bits per heavy atom. The van der Waals surface area contributed by atoms with Gasteiger partial charge in [0, 0.05) is 29.4 Å². The molecule has 0 aliphatic carbocycles. The molecular formula is C25H20Cl2N4O3S. The third kappa shape index (κ3) is 6.10. The summed E-state index contributed by atoms with van der Waals surface area (Å²) in [5.74, 6) is 0.971. The number of amides is 3. The summed E-state index contributed by atoms with van der Waals surface area (Å²) in [6.45, 7) is 1.43. The second kappa shape index (κ2) is 10.8. The van der Waals surface area contributed by atoms with Gasteiger partial charge in [0.05, 0.1) is 11.4 Å². The van der Waals surface area contributed by atoms with Gasteiger partial charge in [-0.3, -0.25) is 9.36 Å². The number of carbonyl (C=O) groups excluding carboxylic acids is 2. The summed E-state index contributed by atoms with van der Waals surface area (Å²) in [6.07, 6.45) is 0. The molecule has 2 N–H and O–H groups in total. The summed E-state index contributed by atoms with van der Waals surface area (Å²) in [5, 5.41) is 6.54. The molecule has 7 nitrogen and oxygen atoms in total. The normalized spacial score (nSPS) is 10.5. The van der Waals surface area contributed by atoms with Crippen molar-refractivity contribution in [3.63, 3.8) is 0 Å². The predicted molar refractivity (Wildman–Crippen MR) is 144 cm³/mol. The Labute approximate surface area is 217 Å². The van der Waals surface area contributed by atoms with Gasteiger partial charge in [0.1, 0.15) is 10.9 Å². The molecule has 0 spiro atoms. The van der Waals surface area contributed by atoms with Crippen molar-refractivity contribution in [1.29, 1.82) is 0 Å². The van der Waals surface area contributed by atoms with Gasteiger partial charge < -0.3 is 15.4 Å². The van der Waals surface area contributed by atoms with Gasteiger partial charge in [0.25, 0.3) is 0 Å². The minimum Gasteiger partial charge on any atom is -0.440 e. The van der Waals surface area contributed by atoms with Crippen molar-refractivity contribution in [2.24, 2.45) is 0 Å². The first-order valence-corrected chi connectivity index (χ1v) is 11.5. The molecular weight excluding hydrogens is 507 g/mol. The van der Waals surface area contributed by atoms with E-state index in [0.717, 1.165) is 5.69 Å². The quantitative estimate of drug-likeness (QED) is 0.229. The number of halogens is 2. The Balaban J connectivity index is 1.45. The lowest BCUT2D eigenvalue weighted by atomic mass is 10.2. The fourth-order valence-corrected chi connectivity index (χ4v) is 3.78. The van der Waals surface area contributed by atoms with Crippen molar-refractivity contribution < 1.29 is 14.3 Å². The number of nitrogens with zero attached hydrogens (tertiary/aromatic N) is 2. The Hall–Kier alpha value is -3.59. The number of benzene rings is 3. The maximum atomic E-state index is 12.6. The van der Waals surface area contributed by atoms with E-state index >= 15 is 0 Å². The Kier molecular flexibility index (Phi) is 7.55. The van der Waals surface area contributed by atoms with Crippen LogP contribution in [-0.4, -0.2) is 16.5 Å². The van der Waals surface area contributed by atoms with Crippen LogP contribution >= 0.6 is 36.0 Å². The van der Waals surface area contributed by atoms with Gasteiger partial charge in [-0.1, -0.05) is 36.0 Å². The first kappa shape index (κ1) is 24.5. The summed E-state index contributed by atoms with van der Waals surface area (Å²) in [7, 11) is 0. The second-order valence-corrected chi connectivity index (χ2v) is 8.63. The summed E-state index contributed by atoms with van der Waals surface area (Å²) in [4.78, 5) is 23.8. The average Bonchev–Trinajstić information content (AvgIpc) is 3.20. The van der Waals surface area contributed by atoms with Crippen molar-refractivity contribution in [2.45, 2.75) is 6.92 Å². The minimum absolute atomic E-state index is 0.175. The monoisotopic (exact) mass is 526 g/mol. The highest BCUT2D eigenvalue weighted by Gasteiger charge is 2.14. The molecule has 0 radical (unpaired) electrons. The van der Waals surface area contributed by atoms with Crippen molar-refractivity contribution in [2.75, 3.05) is 14.9 Å². The van der Waals surface area contributed by atoms with Crippen LogP contribution in [0.2, 0.25) is 10.2 Å². The second-order valence-electron chi connectivity index (χ2n) is 7.40. The molecule has 35 heavy (non-hydrogen) atoms. The third-order valence-corrected chi connectivity index (χ3v) is 5.79. The third-order valence-electron chi connectivity index (χ3n) is 4.83. The summed E-state index contributed by atoms with van der Waals surface area (Å²) in [6, 6.07) is 23.9. The van der Waals surface area contributed by atoms with Gasteiger partial charge in [-0.25, -0.2) is 9.10 Å². The largest absolute Gasteiger partial charge is 0.440 e. The molecule has 4 rings (SSSR count). The maximum Gasteiger partial charge on any atom is 0.336 e. The van der Waals surface area contributed by atoms with Gasteiger partial charge in [0.2, 0.25) is 11.8 Å². The number of thiol groups is 1. The zero-order valence-corrected chi connectivity index (χ0v) is 20.8. The van der Waals surface area contributed by atoms with Crippen LogP contribution in [0.15, 0.2) is 84.9 Å². The molecule has 10 heteroatoms. The van der Waals surface area contributed by atoms with Crippen LogP contribution in [0.5, 0.6) is 11.6 Å². The highest BCUT2D eigenvalue weighted by atomic mass is 35.5. The van der Waals surface area contributed by atoms with Crippen LogP contribution in [0.1, 0.15) is 6.92 Å². The highest BCUT2D eigenvalue weighted by Crippen LogP contribution is 2.31. The number of urea groups is 1. The molecule has 0 aliphatic rings. The molecule has 3 amide bonds. The van der Waals surface area contributed by atoms with E-state index in [0.29, 0.717) is 38.9 Å². The first-order valence-electron chi connectivity index (χ1n) is 10.4. The van der Waals surface area contributed by atoms with Crippen LogP contribution in [0.3, 0.4) is 0 Å². The standard InChI is InChI=1S/C25H20Cl2N4O3S/c1-16(32)28-18-6-10-21(11-7-18)31(35)25(33)29-19-4-8-20(9-5-19)30-23(27)14-15-24(30)34-22-12-2-17(26)3-13-22/h2-15,35H,1H3,(H,28,32)(H,29,33). The lowest BCUT2D eigenvalue weighted by Gasteiger charge is -2.17. The predicted octanol–water partition coefficient (Wildman–Crippen LogP) is 7.42. The number of aromatic nitrogens is 1. The van der Waals surface area contributed by atoms with Gasteiger partial charge in [-0.2, -0.15) is 0 Å². The molecule has 0 unspecified atom stereocenters. The zero-order chi connectivity index (χ0) is 24.9. The minimum atomic E-state index is -0.445. The van der Waals surface area contributed by atoms with E-state index in [1.54, 1.807) is 89.5 Å². The SMILES string of the molecule is CC(=O)Nc1ccc(N(S)C(=O)Nc2ccc(-n3c(Cl)ccc3Oc3ccc(Cl)cc3)cc2)cc1. The molecule has 0 fully saturated rings. The van der Waals surface area contributed by atoms with Crippen LogP contribution in [0, 0.1) is 0 Å². The molecule has 0 aliphatic heterocycles. The Morgan fingerprint density at radius 2 is 1.43 bits per heavy atom. The average molecular weight is 527 g/mol. The Morgan fingerprint density at radius 3 is 2.06 bits per heavy atom. The topological polar surface area (TPSA) is 75.6 Å². The number of hydrogen-bond acceptors (Lipinski definition) is 4. The highest BCUT2D eigenvalue weighted by molar-refractivity contribution is 7.82. The van der Waals surface area contributed by atoms with E-state index in [9.17, 15) is 9.59 Å². The molecule has 0 atom stereocenters. The number of rotatable bonds is 6. The molecule has 1 heterocycles.